The number of halogens is 3. The number of nitrogens with zero attached hydrogens (tertiary/aromatic N) is 3. The van der Waals surface area contributed by atoms with Gasteiger partial charge in [0.25, 0.3) is 0 Å². The van der Waals surface area contributed by atoms with Gasteiger partial charge in [-0.1, -0.05) is 41.4 Å². The van der Waals surface area contributed by atoms with Gasteiger partial charge in [-0.15, -0.1) is 5.10 Å². The van der Waals surface area contributed by atoms with E-state index >= 15 is 0 Å². The van der Waals surface area contributed by atoms with E-state index in [0.29, 0.717) is 39.4 Å². The second kappa shape index (κ2) is 7.88. The lowest BCUT2D eigenvalue weighted by molar-refractivity contribution is -0.917. The third kappa shape index (κ3) is 3.83. The van der Waals surface area contributed by atoms with Gasteiger partial charge in [-0.2, -0.15) is 4.68 Å². The molecule has 1 atom stereocenters. The Hall–Kier alpha value is -1.73. The van der Waals surface area contributed by atoms with Gasteiger partial charge >= 0.3 is 0 Å². The van der Waals surface area contributed by atoms with Crippen LogP contribution in [0, 0.1) is 10.6 Å². The molecule has 0 saturated heterocycles. The van der Waals surface area contributed by atoms with Crippen molar-refractivity contribution in [2.24, 2.45) is 7.05 Å². The second-order valence-electron chi connectivity index (χ2n) is 6.14. The molecule has 0 amide bonds. The molecule has 3 rings (SSSR count). The zero-order chi connectivity index (χ0) is 18.8. The van der Waals surface area contributed by atoms with Gasteiger partial charge in [0.05, 0.1) is 22.7 Å². The number of rotatable bonds is 5. The lowest BCUT2D eigenvalue weighted by Gasteiger charge is -2.15. The number of hydrogen-bond donors (Lipinski definition) is 1. The van der Waals surface area contributed by atoms with Crippen molar-refractivity contribution in [2.75, 3.05) is 7.05 Å². The molecule has 0 fully saturated rings. The number of aromatic nitrogens is 3. The van der Waals surface area contributed by atoms with Crippen LogP contribution in [-0.4, -0.2) is 21.4 Å². The van der Waals surface area contributed by atoms with Crippen molar-refractivity contribution in [1.29, 1.82) is 0 Å². The molecular formula is C18H18Cl2FN4S+. The summed E-state index contributed by atoms with van der Waals surface area (Å²) in [7, 11) is 3.79. The Morgan fingerprint density at radius 2 is 1.81 bits per heavy atom. The highest BCUT2D eigenvalue weighted by Crippen LogP contribution is 2.25. The van der Waals surface area contributed by atoms with Crippen molar-refractivity contribution >= 4 is 35.4 Å². The Kier molecular flexibility index (Phi) is 5.77. The van der Waals surface area contributed by atoms with Gasteiger partial charge < -0.3 is 9.47 Å². The van der Waals surface area contributed by atoms with E-state index in [1.54, 1.807) is 16.8 Å². The number of benzene rings is 2. The molecule has 0 aliphatic carbocycles. The van der Waals surface area contributed by atoms with E-state index in [1.807, 2.05) is 42.9 Å². The summed E-state index contributed by atoms with van der Waals surface area (Å²) in [6.07, 6.45) is 0. The van der Waals surface area contributed by atoms with Crippen LogP contribution in [0.25, 0.3) is 11.4 Å². The highest BCUT2D eigenvalue weighted by atomic mass is 35.5. The fraction of sp³-hybridized carbons (Fsp3) is 0.222. The summed E-state index contributed by atoms with van der Waals surface area (Å²) in [5, 5.41) is 5.64. The fourth-order valence-electron chi connectivity index (χ4n) is 2.78. The van der Waals surface area contributed by atoms with E-state index in [2.05, 4.69) is 5.10 Å². The van der Waals surface area contributed by atoms with Gasteiger partial charge in [-0.25, -0.2) is 4.39 Å². The average Bonchev–Trinajstić information content (AvgIpc) is 2.87. The molecule has 0 bridgehead atoms. The van der Waals surface area contributed by atoms with Crippen LogP contribution in [0.1, 0.15) is 5.56 Å². The first-order valence-corrected chi connectivity index (χ1v) is 9.18. The Morgan fingerprint density at radius 1 is 1.12 bits per heavy atom. The van der Waals surface area contributed by atoms with Crippen molar-refractivity contribution in [2.45, 2.75) is 13.2 Å². The van der Waals surface area contributed by atoms with Crippen molar-refractivity contribution in [1.82, 2.24) is 14.3 Å². The highest BCUT2D eigenvalue weighted by Gasteiger charge is 2.17. The largest absolute Gasteiger partial charge is 0.315 e. The first-order chi connectivity index (χ1) is 12.4. The molecule has 0 aliphatic rings. The molecular weight excluding hydrogens is 394 g/mol. The maximum absolute atomic E-state index is 14.0. The predicted octanol–water partition coefficient (Wildman–Crippen LogP) is 3.74. The fourth-order valence-corrected chi connectivity index (χ4v) is 3.42. The van der Waals surface area contributed by atoms with Crippen LogP contribution in [0.3, 0.4) is 0 Å². The Labute approximate surface area is 166 Å². The van der Waals surface area contributed by atoms with Crippen molar-refractivity contribution in [3.63, 3.8) is 0 Å². The molecule has 1 N–H and O–H groups in total. The monoisotopic (exact) mass is 411 g/mol. The first-order valence-electron chi connectivity index (χ1n) is 8.01. The lowest BCUT2D eigenvalue weighted by atomic mass is 10.2. The minimum atomic E-state index is -0.307. The van der Waals surface area contributed by atoms with E-state index in [4.69, 9.17) is 35.4 Å². The molecule has 26 heavy (non-hydrogen) atoms. The minimum Gasteiger partial charge on any atom is -0.315 e. The Balaban J connectivity index is 1.86. The molecule has 8 heteroatoms. The zero-order valence-corrected chi connectivity index (χ0v) is 16.7. The predicted molar refractivity (Wildman–Crippen MR) is 104 cm³/mol. The summed E-state index contributed by atoms with van der Waals surface area (Å²) in [4.78, 5) is 0.997. The summed E-state index contributed by atoms with van der Waals surface area (Å²) in [6, 6.07) is 12.2. The molecule has 136 valence electrons. The quantitative estimate of drug-likeness (QED) is 0.647. The van der Waals surface area contributed by atoms with Crippen LogP contribution < -0.4 is 4.90 Å². The van der Waals surface area contributed by atoms with Crippen LogP contribution in [0.2, 0.25) is 10.0 Å². The van der Waals surface area contributed by atoms with Crippen LogP contribution in [0.4, 0.5) is 4.39 Å². The maximum Gasteiger partial charge on any atom is 0.202 e. The van der Waals surface area contributed by atoms with Gasteiger partial charge in [0.1, 0.15) is 12.4 Å². The maximum atomic E-state index is 14.0. The van der Waals surface area contributed by atoms with E-state index in [9.17, 15) is 4.39 Å². The molecule has 4 nitrogen and oxygen atoms in total. The number of nitrogens with one attached hydrogen (secondary N) is 1. The summed E-state index contributed by atoms with van der Waals surface area (Å²) in [5.74, 6) is 0.385. The molecule has 1 aromatic heterocycles. The van der Waals surface area contributed by atoms with Crippen molar-refractivity contribution in [3.8, 4) is 11.4 Å². The smallest absolute Gasteiger partial charge is 0.202 e. The number of quaternary nitrogens is 1. The van der Waals surface area contributed by atoms with Crippen LogP contribution >= 0.6 is 35.4 Å². The number of hydrogen-bond acceptors (Lipinski definition) is 2. The van der Waals surface area contributed by atoms with Crippen LogP contribution in [-0.2, 0) is 20.3 Å². The molecule has 0 spiro atoms. The van der Waals surface area contributed by atoms with E-state index in [-0.39, 0.29) is 5.82 Å². The van der Waals surface area contributed by atoms with Gasteiger partial charge in [-0.3, -0.25) is 0 Å². The van der Waals surface area contributed by atoms with E-state index in [0.717, 1.165) is 10.5 Å². The second-order valence-corrected chi connectivity index (χ2v) is 7.32. The minimum absolute atomic E-state index is 0.307. The molecule has 1 unspecified atom stereocenters. The van der Waals surface area contributed by atoms with E-state index < -0.39 is 0 Å². The van der Waals surface area contributed by atoms with Gasteiger partial charge in [-0.05, 0) is 36.5 Å². The molecule has 3 aromatic rings. The zero-order valence-electron chi connectivity index (χ0n) is 14.3. The summed E-state index contributed by atoms with van der Waals surface area (Å²) in [5.41, 5.74) is 1.30. The van der Waals surface area contributed by atoms with Crippen LogP contribution in [0.15, 0.2) is 42.5 Å². The van der Waals surface area contributed by atoms with Gasteiger partial charge in [0.15, 0.2) is 12.5 Å². The Morgan fingerprint density at radius 3 is 2.50 bits per heavy atom. The topological polar surface area (TPSA) is 27.2 Å². The molecule has 1 heterocycles. The first kappa shape index (κ1) is 19.0. The third-order valence-corrected chi connectivity index (χ3v) is 5.28. The average molecular weight is 412 g/mol. The van der Waals surface area contributed by atoms with Crippen molar-refractivity contribution in [3.05, 3.63) is 68.7 Å². The SMILES string of the molecule is Cn1c(-c2ccccc2Cl)nn(C[NH+](C)Cc2c(F)cccc2Cl)c1=S. The lowest BCUT2D eigenvalue weighted by Crippen LogP contribution is -3.07. The highest BCUT2D eigenvalue weighted by molar-refractivity contribution is 7.71. The van der Waals surface area contributed by atoms with E-state index in [1.165, 1.54) is 6.07 Å². The standard InChI is InChI=1S/C18H17Cl2FN4S/c1-23(10-13-15(20)8-5-9-16(13)21)11-25-18(26)24(2)17(22-25)12-6-3-4-7-14(12)19/h3-9H,10-11H2,1-2H3/p+1. The summed E-state index contributed by atoms with van der Waals surface area (Å²) >= 11 is 17.9. The summed E-state index contributed by atoms with van der Waals surface area (Å²) < 4.78 is 18.1. The van der Waals surface area contributed by atoms with Gasteiger partial charge in [0, 0.05) is 12.6 Å². The summed E-state index contributed by atoms with van der Waals surface area (Å²) in [6.45, 7) is 0.896. The molecule has 0 radical (unpaired) electrons. The third-order valence-electron chi connectivity index (χ3n) is 4.12. The molecule has 2 aromatic carbocycles. The molecule has 0 aliphatic heterocycles. The van der Waals surface area contributed by atoms with Crippen molar-refractivity contribution < 1.29 is 9.29 Å². The van der Waals surface area contributed by atoms with Crippen LogP contribution in [0.5, 0.6) is 0 Å². The molecule has 0 saturated carbocycles. The Bertz CT molecular complexity index is 979. The van der Waals surface area contributed by atoms with Gasteiger partial charge in [0.2, 0.25) is 4.77 Å². The normalized spacial score (nSPS) is 12.3.